The fourth-order valence-corrected chi connectivity index (χ4v) is 3.88. The first-order chi connectivity index (χ1) is 15.1. The van der Waals surface area contributed by atoms with Crippen molar-refractivity contribution in [1.29, 1.82) is 0 Å². The molecule has 2 aliphatic rings. The zero-order valence-electron chi connectivity index (χ0n) is 17.3. The fraction of sp³-hybridized carbons (Fsp3) is 0.375. The van der Waals surface area contributed by atoms with E-state index in [9.17, 15) is 9.90 Å². The molecule has 2 aromatic rings. The molecular weight excluding hydrogens is 396 g/mol. The van der Waals surface area contributed by atoms with Gasteiger partial charge in [-0.1, -0.05) is 12.0 Å². The van der Waals surface area contributed by atoms with Crippen LogP contribution >= 0.6 is 0 Å². The van der Waals surface area contributed by atoms with Gasteiger partial charge in [-0.05, 0) is 61.3 Å². The van der Waals surface area contributed by atoms with Crippen LogP contribution in [0.3, 0.4) is 0 Å². The zero-order valence-corrected chi connectivity index (χ0v) is 17.3. The Morgan fingerprint density at radius 2 is 2.03 bits per heavy atom. The molecule has 2 N–H and O–H groups in total. The highest BCUT2D eigenvalue weighted by Gasteiger charge is 2.27. The summed E-state index contributed by atoms with van der Waals surface area (Å²) in [7, 11) is 0. The van der Waals surface area contributed by atoms with Crippen molar-refractivity contribution in [3.63, 3.8) is 0 Å². The fourth-order valence-electron chi connectivity index (χ4n) is 3.88. The molecule has 2 heterocycles. The largest absolute Gasteiger partial charge is 0.481 e. The van der Waals surface area contributed by atoms with Gasteiger partial charge in [0.25, 0.3) is 5.91 Å². The van der Waals surface area contributed by atoms with Gasteiger partial charge >= 0.3 is 0 Å². The predicted octanol–water partition coefficient (Wildman–Crippen LogP) is 2.18. The van der Waals surface area contributed by atoms with Gasteiger partial charge in [0.1, 0.15) is 12.4 Å². The van der Waals surface area contributed by atoms with Crippen LogP contribution in [-0.4, -0.2) is 54.5 Å². The number of carbonyl (C=O) groups excluding carboxylic acids is 1. The lowest BCUT2D eigenvalue weighted by molar-refractivity contribution is 0.0798. The maximum Gasteiger partial charge on any atom is 0.251 e. The summed E-state index contributed by atoms with van der Waals surface area (Å²) in [6.45, 7) is 2.54. The lowest BCUT2D eigenvalue weighted by Crippen LogP contribution is -2.48. The van der Waals surface area contributed by atoms with Crippen molar-refractivity contribution >= 4 is 5.91 Å². The van der Waals surface area contributed by atoms with Crippen LogP contribution < -0.4 is 19.5 Å². The van der Waals surface area contributed by atoms with Gasteiger partial charge in [-0.2, -0.15) is 0 Å². The third kappa shape index (κ3) is 5.29. The molecule has 1 saturated heterocycles. The van der Waals surface area contributed by atoms with Gasteiger partial charge in [-0.15, -0.1) is 6.42 Å². The first-order valence-electron chi connectivity index (χ1n) is 10.4. The van der Waals surface area contributed by atoms with Crippen LogP contribution in [0.2, 0.25) is 0 Å². The van der Waals surface area contributed by atoms with E-state index in [1.807, 2.05) is 18.2 Å². The van der Waals surface area contributed by atoms with Crippen LogP contribution in [0.15, 0.2) is 42.5 Å². The standard InChI is InChI=1S/C24H26N2O5/c1-2-12-29-19-8-6-18(7-9-19)24(28)25-20-15-26(11-3-4-21(20)27)14-17-5-10-22-23(13-17)31-16-30-22/h1,5-10,13,20-21,27H,3-4,11-12,14-16H2,(H,25,28). The molecule has 0 bridgehead atoms. The number of amides is 1. The van der Waals surface area contributed by atoms with Crippen molar-refractivity contribution in [2.75, 3.05) is 26.5 Å². The topological polar surface area (TPSA) is 80.3 Å². The van der Waals surface area contributed by atoms with E-state index in [4.69, 9.17) is 20.6 Å². The highest BCUT2D eigenvalue weighted by molar-refractivity contribution is 5.94. The quantitative estimate of drug-likeness (QED) is 0.695. The number of nitrogens with zero attached hydrogens (tertiary/aromatic N) is 1. The molecule has 31 heavy (non-hydrogen) atoms. The molecule has 7 nitrogen and oxygen atoms in total. The van der Waals surface area contributed by atoms with E-state index in [1.165, 1.54) is 0 Å². The maximum absolute atomic E-state index is 12.7. The molecule has 7 heteroatoms. The Hall–Kier alpha value is -3.21. The Bertz CT molecular complexity index is 953. The average Bonchev–Trinajstić information content (AvgIpc) is 3.18. The summed E-state index contributed by atoms with van der Waals surface area (Å²) in [4.78, 5) is 15.0. The van der Waals surface area contributed by atoms with Crippen LogP contribution in [0, 0.1) is 12.3 Å². The van der Waals surface area contributed by atoms with Crippen molar-refractivity contribution in [3.8, 4) is 29.6 Å². The Morgan fingerprint density at radius 1 is 1.23 bits per heavy atom. The highest BCUT2D eigenvalue weighted by Crippen LogP contribution is 2.33. The number of ether oxygens (including phenoxy) is 3. The molecule has 0 saturated carbocycles. The third-order valence-electron chi connectivity index (χ3n) is 5.49. The number of hydrogen-bond acceptors (Lipinski definition) is 6. The van der Waals surface area contributed by atoms with E-state index in [2.05, 4.69) is 16.1 Å². The lowest BCUT2D eigenvalue weighted by Gasteiger charge is -2.27. The number of carbonyl (C=O) groups is 1. The molecule has 0 spiro atoms. The molecule has 1 amide bonds. The van der Waals surface area contributed by atoms with Crippen LogP contribution in [-0.2, 0) is 6.54 Å². The van der Waals surface area contributed by atoms with E-state index in [0.717, 1.165) is 30.0 Å². The summed E-state index contributed by atoms with van der Waals surface area (Å²) in [5.41, 5.74) is 1.61. The van der Waals surface area contributed by atoms with E-state index < -0.39 is 6.10 Å². The number of aliphatic hydroxyl groups is 1. The second-order valence-electron chi connectivity index (χ2n) is 7.73. The number of benzene rings is 2. The van der Waals surface area contributed by atoms with Gasteiger partial charge in [0.05, 0.1) is 12.1 Å². The van der Waals surface area contributed by atoms with E-state index in [0.29, 0.717) is 30.8 Å². The molecule has 4 rings (SSSR count). The number of terminal acetylenes is 1. The Balaban J connectivity index is 1.38. The molecule has 2 aliphatic heterocycles. The minimum atomic E-state index is -0.594. The molecule has 0 aliphatic carbocycles. The number of nitrogens with one attached hydrogen (secondary N) is 1. The summed E-state index contributed by atoms with van der Waals surface area (Å²) in [6, 6.07) is 12.4. The van der Waals surface area contributed by atoms with Crippen molar-refractivity contribution in [2.45, 2.75) is 31.5 Å². The third-order valence-corrected chi connectivity index (χ3v) is 5.49. The SMILES string of the molecule is C#CCOc1ccc(C(=O)NC2CN(Cc3ccc4c(c3)OCO4)CCCC2O)cc1. The summed E-state index contributed by atoms with van der Waals surface area (Å²) in [5, 5.41) is 13.6. The van der Waals surface area contributed by atoms with Gasteiger partial charge in [0, 0.05) is 18.7 Å². The number of rotatable bonds is 6. The van der Waals surface area contributed by atoms with Gasteiger partial charge in [-0.3, -0.25) is 9.69 Å². The van der Waals surface area contributed by atoms with Gasteiger partial charge in [0.2, 0.25) is 6.79 Å². The normalized spacial score (nSPS) is 20.5. The Labute approximate surface area is 181 Å². The predicted molar refractivity (Wildman–Crippen MR) is 115 cm³/mol. The monoisotopic (exact) mass is 422 g/mol. The van der Waals surface area contributed by atoms with E-state index >= 15 is 0 Å². The minimum absolute atomic E-state index is 0.180. The first kappa shape index (κ1) is 21.0. The summed E-state index contributed by atoms with van der Waals surface area (Å²) < 4.78 is 16.2. The zero-order chi connectivity index (χ0) is 21.6. The van der Waals surface area contributed by atoms with Crippen molar-refractivity contribution in [1.82, 2.24) is 10.2 Å². The second-order valence-corrected chi connectivity index (χ2v) is 7.73. The highest BCUT2D eigenvalue weighted by atomic mass is 16.7. The summed E-state index contributed by atoms with van der Waals surface area (Å²) >= 11 is 0. The van der Waals surface area contributed by atoms with Crippen LogP contribution in [0.1, 0.15) is 28.8 Å². The summed E-state index contributed by atoms with van der Waals surface area (Å²) in [5.74, 6) is 4.31. The maximum atomic E-state index is 12.7. The lowest BCUT2D eigenvalue weighted by atomic mass is 10.1. The van der Waals surface area contributed by atoms with Gasteiger partial charge in [0.15, 0.2) is 11.5 Å². The van der Waals surface area contributed by atoms with Crippen molar-refractivity contribution in [2.24, 2.45) is 0 Å². The number of hydrogen-bond donors (Lipinski definition) is 2. The van der Waals surface area contributed by atoms with Gasteiger partial charge < -0.3 is 24.6 Å². The Morgan fingerprint density at radius 3 is 2.84 bits per heavy atom. The molecule has 2 aromatic carbocycles. The molecule has 162 valence electrons. The number of aliphatic hydroxyl groups excluding tert-OH is 1. The second kappa shape index (κ2) is 9.73. The van der Waals surface area contributed by atoms with E-state index in [1.54, 1.807) is 24.3 Å². The van der Waals surface area contributed by atoms with Crippen molar-refractivity contribution in [3.05, 3.63) is 53.6 Å². The van der Waals surface area contributed by atoms with Crippen LogP contribution in [0.25, 0.3) is 0 Å². The molecule has 2 atom stereocenters. The molecular formula is C24H26N2O5. The molecule has 2 unspecified atom stereocenters. The summed E-state index contributed by atoms with van der Waals surface area (Å²) in [6.07, 6.45) is 6.10. The number of fused-ring (bicyclic) bond motifs is 1. The molecule has 1 fully saturated rings. The van der Waals surface area contributed by atoms with Crippen LogP contribution in [0.5, 0.6) is 17.2 Å². The average molecular weight is 422 g/mol. The smallest absolute Gasteiger partial charge is 0.251 e. The first-order valence-corrected chi connectivity index (χ1v) is 10.4. The molecule has 0 radical (unpaired) electrons. The minimum Gasteiger partial charge on any atom is -0.481 e. The van der Waals surface area contributed by atoms with Crippen LogP contribution in [0.4, 0.5) is 0 Å². The Kier molecular flexibility index (Phi) is 6.60. The number of likely N-dealkylation sites (tertiary alicyclic amines) is 1. The molecule has 0 aromatic heterocycles. The van der Waals surface area contributed by atoms with E-state index in [-0.39, 0.29) is 25.3 Å². The van der Waals surface area contributed by atoms with Gasteiger partial charge in [-0.25, -0.2) is 0 Å². The van der Waals surface area contributed by atoms with Crippen molar-refractivity contribution < 1.29 is 24.1 Å².